The van der Waals surface area contributed by atoms with Gasteiger partial charge in [0.15, 0.2) is 11.5 Å². The number of fused-ring (bicyclic) bond motifs is 1. The number of aromatic nitrogens is 3. The van der Waals surface area contributed by atoms with Gasteiger partial charge in [-0.3, -0.25) is 0 Å². The summed E-state index contributed by atoms with van der Waals surface area (Å²) in [5, 5.41) is 18.7. The van der Waals surface area contributed by atoms with E-state index >= 15 is 0 Å². The molecule has 1 aliphatic rings. The quantitative estimate of drug-likeness (QED) is 0.714. The number of aliphatic hydroxyl groups excluding tert-OH is 1. The molecule has 7 nitrogen and oxygen atoms in total. The monoisotopic (exact) mass is 374 g/mol. The number of ether oxygens (including phenoxy) is 2. The summed E-state index contributed by atoms with van der Waals surface area (Å²) in [5.41, 5.74) is 1.87. The molecular formula is C18H22N4O3S. The first-order valence-electron chi connectivity index (χ1n) is 8.69. The molecule has 0 aliphatic heterocycles. The van der Waals surface area contributed by atoms with Crippen molar-refractivity contribution >= 4 is 21.4 Å². The lowest BCUT2D eigenvalue weighted by Gasteiger charge is -2.25. The van der Waals surface area contributed by atoms with Crippen molar-refractivity contribution in [3.8, 4) is 22.8 Å². The van der Waals surface area contributed by atoms with Crippen LogP contribution in [0.25, 0.3) is 16.2 Å². The Bertz CT molecular complexity index is 899. The van der Waals surface area contributed by atoms with E-state index in [0.29, 0.717) is 17.5 Å². The van der Waals surface area contributed by atoms with Crippen molar-refractivity contribution in [2.24, 2.45) is 0 Å². The number of aliphatic hydroxyl groups is 1. The van der Waals surface area contributed by atoms with Crippen molar-refractivity contribution < 1.29 is 14.6 Å². The summed E-state index contributed by atoms with van der Waals surface area (Å²) in [7, 11) is 3.25. The minimum atomic E-state index is -0.154. The highest BCUT2D eigenvalue weighted by molar-refractivity contribution is 7.20. The van der Waals surface area contributed by atoms with Gasteiger partial charge in [0.05, 0.1) is 32.2 Å². The van der Waals surface area contributed by atoms with E-state index in [4.69, 9.17) is 9.47 Å². The lowest BCUT2D eigenvalue weighted by molar-refractivity contribution is 0.126. The number of methoxy groups -OCH3 is 2. The summed E-state index contributed by atoms with van der Waals surface area (Å²) in [6.45, 7) is 0. The highest BCUT2D eigenvalue weighted by atomic mass is 32.1. The second kappa shape index (κ2) is 7.13. The molecule has 2 aromatic heterocycles. The van der Waals surface area contributed by atoms with E-state index in [1.807, 2.05) is 28.9 Å². The summed E-state index contributed by atoms with van der Waals surface area (Å²) in [4.78, 5) is 5.33. The summed E-state index contributed by atoms with van der Waals surface area (Å²) in [6.07, 6.45) is 5.28. The number of nitrogens with zero attached hydrogens (tertiary/aromatic N) is 3. The Morgan fingerprint density at radius 2 is 1.92 bits per heavy atom. The number of hydrogen-bond acceptors (Lipinski definition) is 7. The van der Waals surface area contributed by atoms with E-state index in [9.17, 15) is 5.11 Å². The lowest BCUT2D eigenvalue weighted by atomic mass is 9.93. The molecule has 0 radical (unpaired) electrons. The van der Waals surface area contributed by atoms with E-state index in [-0.39, 0.29) is 6.10 Å². The average Bonchev–Trinajstić information content (AvgIpc) is 3.23. The largest absolute Gasteiger partial charge is 0.493 e. The van der Waals surface area contributed by atoms with Gasteiger partial charge in [0.25, 0.3) is 0 Å². The van der Waals surface area contributed by atoms with Gasteiger partial charge in [-0.25, -0.2) is 9.50 Å². The highest BCUT2D eigenvalue weighted by Crippen LogP contribution is 2.34. The Hall–Kier alpha value is -2.32. The Labute approximate surface area is 155 Å². The van der Waals surface area contributed by atoms with E-state index in [0.717, 1.165) is 47.0 Å². The molecule has 3 aromatic rings. The molecule has 26 heavy (non-hydrogen) atoms. The van der Waals surface area contributed by atoms with Crippen molar-refractivity contribution in [3.05, 3.63) is 24.4 Å². The second-order valence-corrected chi connectivity index (χ2v) is 7.42. The molecule has 2 heterocycles. The number of nitrogens with one attached hydrogen (secondary N) is 1. The van der Waals surface area contributed by atoms with Crippen LogP contribution in [0.3, 0.4) is 0 Å². The van der Waals surface area contributed by atoms with Gasteiger partial charge in [-0.15, -0.1) is 5.10 Å². The van der Waals surface area contributed by atoms with E-state index in [1.165, 1.54) is 11.3 Å². The van der Waals surface area contributed by atoms with Gasteiger partial charge in [0, 0.05) is 11.6 Å². The molecule has 2 N–H and O–H groups in total. The minimum Gasteiger partial charge on any atom is -0.493 e. The maximum atomic E-state index is 9.64. The van der Waals surface area contributed by atoms with Gasteiger partial charge >= 0.3 is 0 Å². The molecule has 1 aliphatic carbocycles. The number of hydrogen-bond donors (Lipinski definition) is 2. The van der Waals surface area contributed by atoms with Gasteiger partial charge in [-0.2, -0.15) is 0 Å². The number of imidazole rings is 1. The fourth-order valence-corrected chi connectivity index (χ4v) is 4.19. The molecule has 0 amide bonds. The van der Waals surface area contributed by atoms with Crippen LogP contribution in [0.2, 0.25) is 0 Å². The van der Waals surface area contributed by atoms with Crippen molar-refractivity contribution in [1.29, 1.82) is 0 Å². The molecule has 0 spiro atoms. The molecule has 4 rings (SSSR count). The number of anilines is 1. The topological polar surface area (TPSA) is 80.9 Å². The molecule has 0 bridgehead atoms. The molecule has 1 aromatic carbocycles. The molecule has 1 saturated carbocycles. The van der Waals surface area contributed by atoms with E-state index in [1.54, 1.807) is 14.2 Å². The molecule has 138 valence electrons. The first-order chi connectivity index (χ1) is 12.7. The number of benzene rings is 1. The van der Waals surface area contributed by atoms with E-state index in [2.05, 4.69) is 15.4 Å². The molecule has 1 fully saturated rings. The number of rotatable bonds is 5. The molecular weight excluding hydrogens is 352 g/mol. The Morgan fingerprint density at radius 3 is 2.65 bits per heavy atom. The third-order valence-corrected chi connectivity index (χ3v) is 5.64. The summed E-state index contributed by atoms with van der Waals surface area (Å²) in [6, 6.07) is 6.14. The van der Waals surface area contributed by atoms with Crippen LogP contribution in [0, 0.1) is 0 Å². The molecule has 8 heteroatoms. The smallest absolute Gasteiger partial charge is 0.214 e. The first-order valence-corrected chi connectivity index (χ1v) is 9.51. The van der Waals surface area contributed by atoms with Crippen molar-refractivity contribution in [2.75, 3.05) is 19.5 Å². The van der Waals surface area contributed by atoms with Crippen molar-refractivity contribution in [1.82, 2.24) is 14.6 Å². The van der Waals surface area contributed by atoms with Crippen LogP contribution in [-0.2, 0) is 0 Å². The summed E-state index contributed by atoms with van der Waals surface area (Å²) in [5.74, 6) is 1.37. The van der Waals surface area contributed by atoms with Gasteiger partial charge in [0.1, 0.15) is 0 Å². The minimum absolute atomic E-state index is 0.154. The van der Waals surface area contributed by atoms with Gasteiger partial charge in [-0.1, -0.05) is 11.3 Å². The van der Waals surface area contributed by atoms with Crippen LogP contribution >= 0.6 is 11.3 Å². The SMILES string of the molecule is COc1ccc(-c2cnc3sc(NC4CCC(O)CC4)nn23)cc1OC. The zero-order valence-corrected chi connectivity index (χ0v) is 15.6. The van der Waals surface area contributed by atoms with Crippen molar-refractivity contribution in [2.45, 2.75) is 37.8 Å². The molecule has 0 saturated heterocycles. The fraction of sp³-hybridized carbons (Fsp3) is 0.444. The third kappa shape index (κ3) is 3.22. The predicted molar refractivity (Wildman–Crippen MR) is 101 cm³/mol. The van der Waals surface area contributed by atoms with Crippen LogP contribution in [-0.4, -0.2) is 46.1 Å². The third-order valence-electron chi connectivity index (χ3n) is 4.79. The van der Waals surface area contributed by atoms with Crippen molar-refractivity contribution in [3.63, 3.8) is 0 Å². The van der Waals surface area contributed by atoms with Crippen LogP contribution in [0.4, 0.5) is 5.13 Å². The van der Waals surface area contributed by atoms with Gasteiger partial charge in [-0.05, 0) is 43.9 Å². The normalized spacial score (nSPS) is 20.3. The summed E-state index contributed by atoms with van der Waals surface area (Å²) < 4.78 is 12.6. The maximum absolute atomic E-state index is 9.64. The maximum Gasteiger partial charge on any atom is 0.214 e. The zero-order valence-electron chi connectivity index (χ0n) is 14.8. The fourth-order valence-electron chi connectivity index (χ4n) is 3.34. The molecule has 0 unspecified atom stereocenters. The van der Waals surface area contributed by atoms with Gasteiger partial charge < -0.3 is 19.9 Å². The molecule has 0 atom stereocenters. The summed E-state index contributed by atoms with van der Waals surface area (Å²) >= 11 is 1.54. The van der Waals surface area contributed by atoms with Gasteiger partial charge in [0.2, 0.25) is 10.1 Å². The van der Waals surface area contributed by atoms with E-state index < -0.39 is 0 Å². The Balaban J connectivity index is 1.60. The van der Waals surface area contributed by atoms with Crippen LogP contribution in [0.1, 0.15) is 25.7 Å². The standard InChI is InChI=1S/C18H22N4O3S/c1-24-15-8-3-11(9-16(15)25-2)14-10-19-18-22(14)21-17(26-18)20-12-4-6-13(23)7-5-12/h3,8-10,12-13,23H,4-7H2,1-2H3,(H,20,21). The predicted octanol–water partition coefficient (Wildman–Crippen LogP) is 3.19. The van der Waals surface area contributed by atoms with Crippen LogP contribution in [0.5, 0.6) is 11.5 Å². The Kier molecular flexibility index (Phi) is 4.69. The highest BCUT2D eigenvalue weighted by Gasteiger charge is 2.21. The van der Waals surface area contributed by atoms with Crippen LogP contribution < -0.4 is 14.8 Å². The zero-order chi connectivity index (χ0) is 18.1. The average molecular weight is 374 g/mol. The Morgan fingerprint density at radius 1 is 1.15 bits per heavy atom. The van der Waals surface area contributed by atoms with Crippen LogP contribution in [0.15, 0.2) is 24.4 Å². The first kappa shape index (κ1) is 17.1. The second-order valence-electron chi connectivity index (χ2n) is 6.46. The lowest BCUT2D eigenvalue weighted by Crippen LogP contribution is -2.28.